The molecular formula is C20H20N2O2. The van der Waals surface area contributed by atoms with Gasteiger partial charge in [-0.15, -0.1) is 0 Å². The molecule has 3 saturated carbocycles. The van der Waals surface area contributed by atoms with Crippen molar-refractivity contribution in [2.45, 2.75) is 42.9 Å². The highest BCUT2D eigenvalue weighted by molar-refractivity contribution is 5.61. The molecule has 0 amide bonds. The average molecular weight is 320 g/mol. The maximum Gasteiger partial charge on any atom is 0.290 e. The molecule has 3 fully saturated rings. The van der Waals surface area contributed by atoms with E-state index in [9.17, 15) is 10.1 Å². The molecule has 7 rings (SSSR count). The number of nitrogens with one attached hydrogen (secondary N) is 1. The van der Waals surface area contributed by atoms with Gasteiger partial charge >= 0.3 is 0 Å². The maximum atomic E-state index is 11.5. The highest BCUT2D eigenvalue weighted by Gasteiger charge is 2.78. The summed E-state index contributed by atoms with van der Waals surface area (Å²) >= 11 is 0. The summed E-state index contributed by atoms with van der Waals surface area (Å²) in [4.78, 5) is 14.7. The van der Waals surface area contributed by atoms with Crippen LogP contribution in [-0.2, 0) is 5.41 Å². The molecule has 0 unspecified atom stereocenters. The minimum atomic E-state index is -0.179. The van der Waals surface area contributed by atoms with Gasteiger partial charge in [0.1, 0.15) is 0 Å². The average Bonchev–Trinajstić information content (AvgIpc) is 3.04. The molecular weight excluding hydrogens is 300 g/mol. The van der Waals surface area contributed by atoms with Crippen LogP contribution in [0, 0.1) is 27.9 Å². The van der Waals surface area contributed by atoms with E-state index in [0.29, 0.717) is 29.4 Å². The number of H-pyrrole nitrogens is 1. The summed E-state index contributed by atoms with van der Waals surface area (Å²) < 4.78 is 0. The topological polar surface area (TPSA) is 58.9 Å². The van der Waals surface area contributed by atoms with E-state index in [1.807, 2.05) is 0 Å². The van der Waals surface area contributed by atoms with Crippen molar-refractivity contribution in [1.29, 1.82) is 0 Å². The van der Waals surface area contributed by atoms with Gasteiger partial charge in [-0.2, -0.15) is 0 Å². The quantitative estimate of drug-likeness (QED) is 0.654. The van der Waals surface area contributed by atoms with E-state index >= 15 is 0 Å². The molecule has 4 bridgehead atoms. The number of hydrogen-bond donors (Lipinski definition) is 1. The van der Waals surface area contributed by atoms with Gasteiger partial charge in [-0.3, -0.25) is 10.1 Å². The Hall–Kier alpha value is -2.10. The summed E-state index contributed by atoms with van der Waals surface area (Å²) in [7, 11) is 0. The van der Waals surface area contributed by atoms with E-state index in [4.69, 9.17) is 0 Å². The summed E-state index contributed by atoms with van der Waals surface area (Å²) in [6.45, 7) is 0. The number of aromatic amines is 1. The predicted octanol–water partition coefficient (Wildman–Crippen LogP) is 4.49. The first-order valence-corrected chi connectivity index (χ1v) is 9.16. The van der Waals surface area contributed by atoms with Gasteiger partial charge in [-0.05, 0) is 48.0 Å². The van der Waals surface area contributed by atoms with Gasteiger partial charge in [0.05, 0.1) is 16.7 Å². The van der Waals surface area contributed by atoms with E-state index in [-0.39, 0.29) is 10.3 Å². The second kappa shape index (κ2) is 4.11. The first-order valence-electron chi connectivity index (χ1n) is 9.16. The number of nitrogens with zero attached hydrogens (tertiary/aromatic N) is 1. The molecule has 1 aromatic carbocycles. The minimum absolute atomic E-state index is 0.118. The molecule has 5 aliphatic rings. The van der Waals surface area contributed by atoms with Crippen LogP contribution < -0.4 is 0 Å². The molecule has 122 valence electrons. The van der Waals surface area contributed by atoms with Crippen LogP contribution in [0.25, 0.3) is 0 Å². The Morgan fingerprint density at radius 1 is 1.17 bits per heavy atom. The van der Waals surface area contributed by atoms with Crippen LogP contribution in [0.2, 0.25) is 0 Å². The number of nitro groups is 1. The number of hydrogen-bond acceptors (Lipinski definition) is 2. The Labute approximate surface area is 140 Å². The molecule has 6 atom stereocenters. The van der Waals surface area contributed by atoms with Crippen molar-refractivity contribution in [2.75, 3.05) is 0 Å². The minimum Gasteiger partial charge on any atom is -0.358 e. The Morgan fingerprint density at radius 3 is 2.79 bits per heavy atom. The third-order valence-corrected chi connectivity index (χ3v) is 7.61. The largest absolute Gasteiger partial charge is 0.358 e. The van der Waals surface area contributed by atoms with Crippen molar-refractivity contribution in [3.8, 4) is 0 Å². The Bertz CT molecular complexity index is 858. The normalized spacial score (nSPS) is 40.8. The summed E-state index contributed by atoms with van der Waals surface area (Å²) in [6, 6.07) is 10.9. The SMILES string of the molecule is O=[N+]([O-])c1c[nH]c2c1[C@H]1[C@@H]3[C@H]1[C@H]1CCCC[C@]21[C@H]3c1ccccc1. The predicted molar refractivity (Wildman–Crippen MR) is 90.0 cm³/mol. The molecule has 2 aromatic rings. The molecule has 24 heavy (non-hydrogen) atoms. The zero-order chi connectivity index (χ0) is 16.1. The molecule has 4 heteroatoms. The van der Waals surface area contributed by atoms with Crippen LogP contribution in [0.4, 0.5) is 5.69 Å². The van der Waals surface area contributed by atoms with Crippen molar-refractivity contribution in [1.82, 2.24) is 4.98 Å². The number of aromatic nitrogens is 1. The van der Waals surface area contributed by atoms with Gasteiger partial charge in [0.2, 0.25) is 0 Å². The van der Waals surface area contributed by atoms with E-state index in [2.05, 4.69) is 35.3 Å². The smallest absolute Gasteiger partial charge is 0.290 e. The first-order chi connectivity index (χ1) is 11.7. The Kier molecular flexibility index (Phi) is 2.26. The van der Waals surface area contributed by atoms with Crippen LogP contribution in [0.3, 0.4) is 0 Å². The van der Waals surface area contributed by atoms with Gasteiger partial charge in [-0.25, -0.2) is 0 Å². The second-order valence-corrected chi connectivity index (χ2v) is 8.18. The zero-order valence-corrected chi connectivity index (χ0v) is 13.4. The molecule has 4 nitrogen and oxygen atoms in total. The van der Waals surface area contributed by atoms with E-state index in [1.165, 1.54) is 36.9 Å². The third kappa shape index (κ3) is 1.27. The fourth-order valence-electron chi connectivity index (χ4n) is 7.13. The monoisotopic (exact) mass is 320 g/mol. The van der Waals surface area contributed by atoms with Crippen LogP contribution >= 0.6 is 0 Å². The molecule has 0 saturated heterocycles. The molecule has 1 heterocycles. The molecule has 1 N–H and O–H groups in total. The standard InChI is InChI=1S/C20H20N2O2/c23-22(24)13-10-21-19-15(13)16-14-12-8-4-5-9-20(12,19)18(17(14)16)11-6-2-1-3-7-11/h1-3,6-7,10,12,14,16-18,21H,4-5,8-9H2/t12-,14+,16+,17+,18+,20+/m1/s1. The molecule has 0 aliphatic heterocycles. The van der Waals surface area contributed by atoms with E-state index in [0.717, 1.165) is 11.5 Å². The van der Waals surface area contributed by atoms with Gasteiger partial charge < -0.3 is 4.98 Å². The third-order valence-electron chi connectivity index (χ3n) is 7.61. The Morgan fingerprint density at radius 2 is 2.00 bits per heavy atom. The summed E-state index contributed by atoms with van der Waals surface area (Å²) in [6.07, 6.45) is 6.72. The summed E-state index contributed by atoms with van der Waals surface area (Å²) in [5, 5.41) is 11.5. The van der Waals surface area contributed by atoms with Crippen LogP contribution in [0.15, 0.2) is 36.5 Å². The second-order valence-electron chi connectivity index (χ2n) is 8.18. The van der Waals surface area contributed by atoms with Gasteiger partial charge in [0.25, 0.3) is 5.69 Å². The molecule has 1 aromatic heterocycles. The molecule has 1 spiro atoms. The van der Waals surface area contributed by atoms with Crippen molar-refractivity contribution >= 4 is 5.69 Å². The first kappa shape index (κ1) is 13.2. The van der Waals surface area contributed by atoms with Crippen molar-refractivity contribution in [3.63, 3.8) is 0 Å². The van der Waals surface area contributed by atoms with Gasteiger partial charge in [0.15, 0.2) is 0 Å². The summed E-state index contributed by atoms with van der Waals surface area (Å²) in [5.41, 5.74) is 4.20. The van der Waals surface area contributed by atoms with Crippen molar-refractivity contribution in [2.24, 2.45) is 17.8 Å². The lowest BCUT2D eigenvalue weighted by molar-refractivity contribution is -0.385. The molecule has 0 radical (unpaired) electrons. The zero-order valence-electron chi connectivity index (χ0n) is 13.4. The van der Waals surface area contributed by atoms with Crippen LogP contribution in [0.5, 0.6) is 0 Å². The fraction of sp³-hybridized carbons (Fsp3) is 0.500. The van der Waals surface area contributed by atoms with Crippen molar-refractivity contribution < 1.29 is 4.92 Å². The van der Waals surface area contributed by atoms with Crippen molar-refractivity contribution in [3.05, 3.63) is 63.5 Å². The maximum absolute atomic E-state index is 11.5. The van der Waals surface area contributed by atoms with Gasteiger partial charge in [-0.1, -0.05) is 43.2 Å². The molecule has 5 aliphatic carbocycles. The van der Waals surface area contributed by atoms with Crippen LogP contribution in [-0.4, -0.2) is 9.91 Å². The van der Waals surface area contributed by atoms with Gasteiger partial charge in [0, 0.05) is 11.1 Å². The number of rotatable bonds is 2. The highest BCUT2D eigenvalue weighted by atomic mass is 16.6. The summed E-state index contributed by atoms with van der Waals surface area (Å²) in [5.74, 6) is 2.99. The Balaban J connectivity index is 1.61. The van der Waals surface area contributed by atoms with Crippen LogP contribution in [0.1, 0.15) is 54.3 Å². The number of benzene rings is 1. The highest BCUT2D eigenvalue weighted by Crippen LogP contribution is 2.84. The lowest BCUT2D eigenvalue weighted by Gasteiger charge is -2.50. The fourth-order valence-corrected chi connectivity index (χ4v) is 7.13. The van der Waals surface area contributed by atoms with E-state index < -0.39 is 0 Å². The van der Waals surface area contributed by atoms with E-state index in [1.54, 1.807) is 6.20 Å². The lowest BCUT2D eigenvalue weighted by Crippen LogP contribution is -2.45. The lowest BCUT2D eigenvalue weighted by atomic mass is 9.53.